The molecule has 1 saturated carbocycles. The smallest absolute Gasteiger partial charge is 0.247 e. The maximum Gasteiger partial charge on any atom is 0.247 e. The fraction of sp³-hybridized carbons (Fsp3) is 0.667. The van der Waals surface area contributed by atoms with Gasteiger partial charge in [0.25, 0.3) is 0 Å². The third-order valence-corrected chi connectivity index (χ3v) is 2.27. The van der Waals surface area contributed by atoms with Crippen LogP contribution in [0.4, 0.5) is 0 Å². The Kier molecular flexibility index (Phi) is 2.13. The summed E-state index contributed by atoms with van der Waals surface area (Å²) in [6.07, 6.45) is 5.19. The van der Waals surface area contributed by atoms with E-state index in [0.29, 0.717) is 6.04 Å². The van der Waals surface area contributed by atoms with E-state index in [0.717, 1.165) is 37.9 Å². The molecule has 66 valence electrons. The normalized spacial score (nSPS) is 23.2. The molecule has 0 unspecified atom stereocenters. The van der Waals surface area contributed by atoms with Crippen molar-refractivity contribution in [1.82, 2.24) is 10.6 Å². The van der Waals surface area contributed by atoms with E-state index in [9.17, 15) is 4.79 Å². The maximum absolute atomic E-state index is 11.4. The van der Waals surface area contributed by atoms with E-state index in [1.165, 1.54) is 0 Å². The summed E-state index contributed by atoms with van der Waals surface area (Å²) < 4.78 is 0. The molecule has 1 amide bonds. The van der Waals surface area contributed by atoms with Gasteiger partial charge in [0.05, 0.1) is 0 Å². The summed E-state index contributed by atoms with van der Waals surface area (Å²) in [5, 5.41) is 6.17. The summed E-state index contributed by atoms with van der Waals surface area (Å²) >= 11 is 0. The topological polar surface area (TPSA) is 41.1 Å². The standard InChI is InChI=1S/C9H14N2O/c12-9(11-8-1-2-8)7-3-5-10-6-4-7/h3,8,10H,1-2,4-6H2,(H,11,12). The van der Waals surface area contributed by atoms with Crippen LogP contribution in [-0.4, -0.2) is 25.0 Å². The number of hydrogen-bond donors (Lipinski definition) is 2. The minimum absolute atomic E-state index is 0.152. The molecule has 2 aliphatic rings. The lowest BCUT2D eigenvalue weighted by atomic mass is 10.1. The first-order valence-electron chi connectivity index (χ1n) is 4.57. The second kappa shape index (κ2) is 3.27. The highest BCUT2D eigenvalue weighted by molar-refractivity contribution is 5.93. The summed E-state index contributed by atoms with van der Waals surface area (Å²) in [5.74, 6) is 0.152. The van der Waals surface area contributed by atoms with Crippen LogP contribution in [-0.2, 0) is 4.79 Å². The van der Waals surface area contributed by atoms with E-state index < -0.39 is 0 Å². The quantitative estimate of drug-likeness (QED) is 0.614. The number of nitrogens with one attached hydrogen (secondary N) is 2. The third kappa shape index (κ3) is 1.85. The van der Waals surface area contributed by atoms with Crippen molar-refractivity contribution in [1.29, 1.82) is 0 Å². The molecule has 0 spiro atoms. The number of amides is 1. The van der Waals surface area contributed by atoms with Crippen molar-refractivity contribution in [2.75, 3.05) is 13.1 Å². The molecule has 0 radical (unpaired) electrons. The van der Waals surface area contributed by atoms with Crippen molar-refractivity contribution in [3.05, 3.63) is 11.6 Å². The minimum atomic E-state index is 0.152. The van der Waals surface area contributed by atoms with Crippen LogP contribution >= 0.6 is 0 Å². The van der Waals surface area contributed by atoms with Gasteiger partial charge < -0.3 is 10.6 Å². The van der Waals surface area contributed by atoms with Gasteiger partial charge in [0.2, 0.25) is 5.91 Å². The molecule has 1 fully saturated rings. The first kappa shape index (κ1) is 7.80. The van der Waals surface area contributed by atoms with Gasteiger partial charge in [-0.05, 0) is 25.8 Å². The number of rotatable bonds is 2. The Balaban J connectivity index is 1.88. The van der Waals surface area contributed by atoms with Crippen LogP contribution in [0.25, 0.3) is 0 Å². The van der Waals surface area contributed by atoms with Gasteiger partial charge in [-0.15, -0.1) is 0 Å². The summed E-state index contributed by atoms with van der Waals surface area (Å²) in [6.45, 7) is 1.78. The Morgan fingerprint density at radius 3 is 3.00 bits per heavy atom. The molecule has 0 bridgehead atoms. The second-order valence-corrected chi connectivity index (χ2v) is 3.43. The van der Waals surface area contributed by atoms with E-state index in [4.69, 9.17) is 0 Å². The lowest BCUT2D eigenvalue weighted by Crippen LogP contribution is -2.31. The van der Waals surface area contributed by atoms with Crippen LogP contribution in [0, 0.1) is 0 Å². The van der Waals surface area contributed by atoms with Gasteiger partial charge in [-0.3, -0.25) is 4.79 Å². The van der Waals surface area contributed by atoms with Crippen LogP contribution < -0.4 is 10.6 Å². The molecule has 0 aromatic carbocycles. The summed E-state index contributed by atoms with van der Waals surface area (Å²) in [7, 11) is 0. The maximum atomic E-state index is 11.4. The van der Waals surface area contributed by atoms with Crippen LogP contribution in [0.1, 0.15) is 19.3 Å². The van der Waals surface area contributed by atoms with Crippen LogP contribution in [0.15, 0.2) is 11.6 Å². The SMILES string of the molecule is O=C(NC1CC1)C1=CCNCC1. The van der Waals surface area contributed by atoms with Crippen molar-refractivity contribution in [2.24, 2.45) is 0 Å². The highest BCUT2D eigenvalue weighted by atomic mass is 16.1. The average Bonchev–Trinajstić information content (AvgIpc) is 2.90. The van der Waals surface area contributed by atoms with Crippen LogP contribution in [0.2, 0.25) is 0 Å². The Morgan fingerprint density at radius 1 is 1.58 bits per heavy atom. The summed E-state index contributed by atoms with van der Waals surface area (Å²) in [6, 6.07) is 0.480. The van der Waals surface area contributed by atoms with Gasteiger partial charge in [-0.2, -0.15) is 0 Å². The molecule has 0 aromatic heterocycles. The van der Waals surface area contributed by atoms with E-state index in [1.54, 1.807) is 0 Å². The molecule has 1 heterocycles. The lowest BCUT2D eigenvalue weighted by molar-refractivity contribution is -0.117. The summed E-state index contributed by atoms with van der Waals surface area (Å²) in [4.78, 5) is 11.4. The van der Waals surface area contributed by atoms with Crippen LogP contribution in [0.3, 0.4) is 0 Å². The van der Waals surface area contributed by atoms with E-state index >= 15 is 0 Å². The van der Waals surface area contributed by atoms with Crippen molar-refractivity contribution >= 4 is 5.91 Å². The van der Waals surface area contributed by atoms with Crippen LogP contribution in [0.5, 0.6) is 0 Å². The number of hydrogen-bond acceptors (Lipinski definition) is 2. The largest absolute Gasteiger partial charge is 0.350 e. The Bertz CT molecular complexity index is 219. The zero-order valence-corrected chi connectivity index (χ0v) is 7.10. The monoisotopic (exact) mass is 166 g/mol. The molecule has 1 aliphatic carbocycles. The van der Waals surface area contributed by atoms with Gasteiger partial charge in [-0.1, -0.05) is 6.08 Å². The molecule has 1 aliphatic heterocycles. The molecular formula is C9H14N2O. The second-order valence-electron chi connectivity index (χ2n) is 3.43. The van der Waals surface area contributed by atoms with Crippen molar-refractivity contribution in [2.45, 2.75) is 25.3 Å². The van der Waals surface area contributed by atoms with Crippen molar-refractivity contribution < 1.29 is 4.79 Å². The molecule has 12 heavy (non-hydrogen) atoms. The average molecular weight is 166 g/mol. The number of carbonyl (C=O) groups is 1. The molecule has 0 aromatic rings. The first-order chi connectivity index (χ1) is 5.86. The Labute approximate surface area is 72.2 Å². The zero-order chi connectivity index (χ0) is 8.39. The molecule has 3 heteroatoms. The highest BCUT2D eigenvalue weighted by Crippen LogP contribution is 2.19. The summed E-state index contributed by atoms with van der Waals surface area (Å²) in [5.41, 5.74) is 0.959. The third-order valence-electron chi connectivity index (χ3n) is 2.27. The number of carbonyl (C=O) groups excluding carboxylic acids is 1. The van der Waals surface area contributed by atoms with Gasteiger partial charge >= 0.3 is 0 Å². The minimum Gasteiger partial charge on any atom is -0.350 e. The predicted octanol–water partition coefficient (Wildman–Crippen LogP) is 0.185. The van der Waals surface area contributed by atoms with Gasteiger partial charge in [0.1, 0.15) is 0 Å². The predicted molar refractivity (Wildman–Crippen MR) is 46.7 cm³/mol. The van der Waals surface area contributed by atoms with E-state index in [-0.39, 0.29) is 5.91 Å². The Hall–Kier alpha value is -0.830. The molecule has 2 N–H and O–H groups in total. The van der Waals surface area contributed by atoms with E-state index in [1.807, 2.05) is 6.08 Å². The lowest BCUT2D eigenvalue weighted by Gasteiger charge is -2.13. The zero-order valence-electron chi connectivity index (χ0n) is 7.10. The van der Waals surface area contributed by atoms with Crippen molar-refractivity contribution in [3.63, 3.8) is 0 Å². The molecule has 3 nitrogen and oxygen atoms in total. The van der Waals surface area contributed by atoms with Gasteiger partial charge in [-0.25, -0.2) is 0 Å². The highest BCUT2D eigenvalue weighted by Gasteiger charge is 2.24. The van der Waals surface area contributed by atoms with Crippen molar-refractivity contribution in [3.8, 4) is 0 Å². The Morgan fingerprint density at radius 2 is 2.42 bits per heavy atom. The molecule has 0 atom stereocenters. The fourth-order valence-electron chi connectivity index (χ4n) is 1.33. The van der Waals surface area contributed by atoms with Gasteiger partial charge in [0, 0.05) is 18.2 Å². The van der Waals surface area contributed by atoms with E-state index in [2.05, 4.69) is 10.6 Å². The fourth-order valence-corrected chi connectivity index (χ4v) is 1.33. The molecule has 2 rings (SSSR count). The molecular weight excluding hydrogens is 152 g/mol. The first-order valence-corrected chi connectivity index (χ1v) is 4.57. The van der Waals surface area contributed by atoms with Gasteiger partial charge in [0.15, 0.2) is 0 Å². The molecule has 0 saturated heterocycles.